The minimum atomic E-state index is -3.71. The predicted octanol–water partition coefficient (Wildman–Crippen LogP) is 1.59. The minimum absolute atomic E-state index is 0.0644. The Morgan fingerprint density at radius 1 is 1.12 bits per heavy atom. The zero-order valence-electron chi connectivity index (χ0n) is 18.6. The molecule has 0 aromatic carbocycles. The van der Waals surface area contributed by atoms with E-state index >= 15 is 0 Å². The van der Waals surface area contributed by atoms with Crippen LogP contribution < -0.4 is 0 Å². The number of pyridine rings is 1. The Morgan fingerprint density at radius 2 is 1.82 bits per heavy atom. The maximum Gasteiger partial charge on any atom is 0.248 e. The van der Waals surface area contributed by atoms with Crippen LogP contribution in [0.3, 0.4) is 0 Å². The van der Waals surface area contributed by atoms with Gasteiger partial charge in [-0.05, 0) is 32.9 Å². The third-order valence-electron chi connectivity index (χ3n) is 5.45. The molecule has 0 atom stereocenters. The van der Waals surface area contributed by atoms with E-state index in [2.05, 4.69) is 20.3 Å². The second-order valence-corrected chi connectivity index (χ2v) is 10.3. The first-order valence-corrected chi connectivity index (χ1v) is 12.9. The van der Waals surface area contributed by atoms with E-state index in [1.54, 1.807) is 31.1 Å². The van der Waals surface area contributed by atoms with Gasteiger partial charge in [0.2, 0.25) is 15.9 Å². The Balaban J connectivity index is 1.36. The highest BCUT2D eigenvalue weighted by Crippen LogP contribution is 2.26. The van der Waals surface area contributed by atoms with Gasteiger partial charge in [0, 0.05) is 50.7 Å². The van der Waals surface area contributed by atoms with Gasteiger partial charge in [-0.2, -0.15) is 4.31 Å². The van der Waals surface area contributed by atoms with Crippen molar-refractivity contribution in [1.29, 1.82) is 0 Å². The number of aromatic nitrogens is 5. The Bertz CT molecular complexity index is 1210. The normalized spacial score (nSPS) is 15.2. The minimum Gasteiger partial charge on any atom is -0.360 e. The van der Waals surface area contributed by atoms with E-state index in [1.807, 2.05) is 23.6 Å². The fraction of sp³-hybridized carbons (Fsp3) is 0.450. The first kappa shape index (κ1) is 23.4. The molecule has 0 N–H and O–H groups in total. The number of piperazine rings is 1. The highest BCUT2D eigenvalue weighted by molar-refractivity contribution is 7.99. The van der Waals surface area contributed by atoms with Crippen LogP contribution in [0, 0.1) is 13.8 Å². The summed E-state index contributed by atoms with van der Waals surface area (Å²) in [5, 5.41) is 12.9. The Hall–Kier alpha value is -2.77. The van der Waals surface area contributed by atoms with Gasteiger partial charge in [-0.3, -0.25) is 9.78 Å². The number of aryl methyl sites for hydroxylation is 2. The number of carbonyl (C=O) groups is 1. The molecule has 0 bridgehead atoms. The fourth-order valence-corrected chi connectivity index (χ4v) is 6.38. The molecular weight excluding hydrogens is 466 g/mol. The van der Waals surface area contributed by atoms with Crippen LogP contribution in [-0.4, -0.2) is 80.4 Å². The van der Waals surface area contributed by atoms with Crippen molar-refractivity contribution in [2.75, 3.05) is 31.9 Å². The summed E-state index contributed by atoms with van der Waals surface area (Å²) in [5.74, 6) is 1.14. The molecule has 33 heavy (non-hydrogen) atoms. The number of amides is 1. The third kappa shape index (κ3) is 4.66. The van der Waals surface area contributed by atoms with Gasteiger partial charge in [-0.15, -0.1) is 10.2 Å². The summed E-state index contributed by atoms with van der Waals surface area (Å²) in [4.78, 5) is 18.6. The van der Waals surface area contributed by atoms with E-state index in [0.29, 0.717) is 30.5 Å². The summed E-state index contributed by atoms with van der Waals surface area (Å²) in [6.45, 7) is 6.95. The first-order valence-electron chi connectivity index (χ1n) is 10.5. The van der Waals surface area contributed by atoms with Crippen molar-refractivity contribution in [2.24, 2.45) is 0 Å². The number of sulfonamides is 1. The first-order chi connectivity index (χ1) is 15.8. The van der Waals surface area contributed by atoms with Crippen molar-refractivity contribution in [3.63, 3.8) is 0 Å². The van der Waals surface area contributed by atoms with Crippen molar-refractivity contribution >= 4 is 27.7 Å². The smallest absolute Gasteiger partial charge is 0.248 e. The Labute approximate surface area is 196 Å². The molecule has 13 heteroatoms. The van der Waals surface area contributed by atoms with Gasteiger partial charge >= 0.3 is 0 Å². The number of rotatable bonds is 7. The average Bonchev–Trinajstić information content (AvgIpc) is 3.40. The molecule has 0 unspecified atom stereocenters. The number of hydrogen-bond acceptors (Lipinski definition) is 9. The number of hydrogen-bond donors (Lipinski definition) is 0. The van der Waals surface area contributed by atoms with Crippen LogP contribution in [0.2, 0.25) is 0 Å². The van der Waals surface area contributed by atoms with Crippen LogP contribution in [0.5, 0.6) is 0 Å². The van der Waals surface area contributed by atoms with Crippen LogP contribution in [-0.2, 0) is 21.4 Å². The molecule has 4 rings (SSSR count). The molecule has 1 aliphatic heterocycles. The molecule has 0 radical (unpaired) electrons. The molecule has 1 amide bonds. The molecule has 0 saturated carbocycles. The topological polar surface area (TPSA) is 127 Å². The molecule has 3 aromatic rings. The van der Waals surface area contributed by atoms with Crippen molar-refractivity contribution < 1.29 is 17.7 Å². The Morgan fingerprint density at radius 3 is 2.42 bits per heavy atom. The Kier molecular flexibility index (Phi) is 6.81. The second-order valence-electron chi connectivity index (χ2n) is 7.51. The average molecular weight is 492 g/mol. The van der Waals surface area contributed by atoms with E-state index in [-0.39, 0.29) is 35.4 Å². The number of nitrogens with zero attached hydrogens (tertiary/aromatic N) is 7. The van der Waals surface area contributed by atoms with E-state index in [1.165, 1.54) is 16.1 Å². The van der Waals surface area contributed by atoms with Crippen molar-refractivity contribution in [3.05, 3.63) is 36.0 Å². The largest absolute Gasteiger partial charge is 0.360 e. The van der Waals surface area contributed by atoms with Crippen LogP contribution >= 0.6 is 11.8 Å². The highest BCUT2D eigenvalue weighted by atomic mass is 32.2. The number of carbonyl (C=O) groups excluding carboxylic acids is 1. The SMILES string of the molecule is CCn1c(SCC(=O)N2CCN(S(=O)(=O)c3c(C)noc3C)CC2)nnc1-c1ccncc1. The summed E-state index contributed by atoms with van der Waals surface area (Å²) in [6.07, 6.45) is 3.40. The predicted molar refractivity (Wildman–Crippen MR) is 121 cm³/mol. The van der Waals surface area contributed by atoms with Crippen molar-refractivity contribution in [3.8, 4) is 11.4 Å². The second kappa shape index (κ2) is 9.61. The molecule has 0 aliphatic carbocycles. The zero-order valence-corrected chi connectivity index (χ0v) is 20.3. The molecule has 176 valence electrons. The standard InChI is InChI=1S/C20H25N7O4S2/c1-4-27-19(16-5-7-21-8-6-16)22-23-20(27)32-13-17(28)25-9-11-26(12-10-25)33(29,30)18-14(2)24-31-15(18)3/h5-8H,4,9-13H2,1-3H3. The van der Waals surface area contributed by atoms with Crippen molar-refractivity contribution in [1.82, 2.24) is 34.1 Å². The molecule has 1 saturated heterocycles. The van der Waals surface area contributed by atoms with Crippen LogP contribution in [0.4, 0.5) is 0 Å². The lowest BCUT2D eigenvalue weighted by Gasteiger charge is -2.33. The lowest BCUT2D eigenvalue weighted by molar-refractivity contribution is -0.129. The summed E-state index contributed by atoms with van der Waals surface area (Å²) in [5.41, 5.74) is 1.25. The van der Waals surface area contributed by atoms with Gasteiger partial charge in [-0.25, -0.2) is 8.42 Å². The van der Waals surface area contributed by atoms with Gasteiger partial charge in [-0.1, -0.05) is 16.9 Å². The van der Waals surface area contributed by atoms with Gasteiger partial charge in [0.1, 0.15) is 10.6 Å². The van der Waals surface area contributed by atoms with Gasteiger partial charge < -0.3 is 14.0 Å². The monoisotopic (exact) mass is 491 g/mol. The quantitative estimate of drug-likeness (QED) is 0.453. The van der Waals surface area contributed by atoms with E-state index in [4.69, 9.17) is 4.52 Å². The van der Waals surface area contributed by atoms with E-state index in [0.717, 1.165) is 11.4 Å². The molecule has 11 nitrogen and oxygen atoms in total. The summed E-state index contributed by atoms with van der Waals surface area (Å²) in [6, 6.07) is 3.73. The van der Waals surface area contributed by atoms with Crippen molar-refractivity contribution in [2.45, 2.75) is 37.4 Å². The molecule has 1 fully saturated rings. The maximum atomic E-state index is 13.0. The van der Waals surface area contributed by atoms with E-state index in [9.17, 15) is 13.2 Å². The highest BCUT2D eigenvalue weighted by Gasteiger charge is 2.34. The molecule has 4 heterocycles. The summed E-state index contributed by atoms with van der Waals surface area (Å²) < 4.78 is 34.3. The van der Waals surface area contributed by atoms with Gasteiger partial charge in [0.15, 0.2) is 16.7 Å². The van der Waals surface area contributed by atoms with Gasteiger partial charge in [0.25, 0.3) is 0 Å². The summed E-state index contributed by atoms with van der Waals surface area (Å²) in [7, 11) is -3.71. The fourth-order valence-electron chi connectivity index (χ4n) is 3.76. The van der Waals surface area contributed by atoms with Crippen LogP contribution in [0.25, 0.3) is 11.4 Å². The number of thioether (sulfide) groups is 1. The maximum absolute atomic E-state index is 13.0. The lowest BCUT2D eigenvalue weighted by atomic mass is 10.2. The van der Waals surface area contributed by atoms with Crippen LogP contribution in [0.1, 0.15) is 18.4 Å². The van der Waals surface area contributed by atoms with E-state index < -0.39 is 10.0 Å². The lowest BCUT2D eigenvalue weighted by Crippen LogP contribution is -2.51. The summed E-state index contributed by atoms with van der Waals surface area (Å²) >= 11 is 1.33. The molecule has 1 aliphatic rings. The molecular formula is C20H25N7O4S2. The van der Waals surface area contributed by atoms with Gasteiger partial charge in [0.05, 0.1) is 5.75 Å². The third-order valence-corrected chi connectivity index (χ3v) is 8.55. The molecule has 3 aromatic heterocycles. The van der Waals surface area contributed by atoms with Crippen LogP contribution in [0.15, 0.2) is 39.1 Å². The molecule has 0 spiro atoms. The zero-order chi connectivity index (χ0) is 23.6.